The van der Waals surface area contributed by atoms with E-state index in [2.05, 4.69) is 43.0 Å². The standard InChI is InChI=1S/C32H32FN7O5S/c1-32(2,22-7-4-5-8-23(22)33)36-31(43)45-26-18-21-27(37-38-30(21)46-26)35-28(41)20-11-10-19(40-14-12-39(3)13-15-40)17-24(20)34-29(42)25-9-6-16-44-25/h4-11,16-18H,12-15H2,1-3H3,(H,34,42)(H,36,43)(H2,35,37,38,41). The van der Waals surface area contributed by atoms with Crippen LogP contribution in [0.3, 0.4) is 0 Å². The molecule has 5 aromatic rings. The van der Waals surface area contributed by atoms with Crippen molar-refractivity contribution in [2.75, 3.05) is 48.8 Å². The molecule has 238 valence electrons. The van der Waals surface area contributed by atoms with Crippen LogP contribution >= 0.6 is 11.3 Å². The summed E-state index contributed by atoms with van der Waals surface area (Å²) in [5.41, 5.74) is 0.680. The first kappa shape index (κ1) is 30.8. The number of rotatable bonds is 8. The number of nitrogens with zero attached hydrogens (tertiary/aromatic N) is 3. The lowest BCUT2D eigenvalue weighted by Gasteiger charge is -2.34. The van der Waals surface area contributed by atoms with Crippen LogP contribution in [0.4, 0.5) is 26.4 Å². The van der Waals surface area contributed by atoms with Crippen molar-refractivity contribution in [2.24, 2.45) is 0 Å². The number of ether oxygens (including phenoxy) is 1. The predicted molar refractivity (Wildman–Crippen MR) is 173 cm³/mol. The molecule has 0 bridgehead atoms. The zero-order chi connectivity index (χ0) is 32.4. The van der Waals surface area contributed by atoms with Gasteiger partial charge >= 0.3 is 6.09 Å². The number of fused-ring (bicyclic) bond motifs is 1. The molecule has 46 heavy (non-hydrogen) atoms. The summed E-state index contributed by atoms with van der Waals surface area (Å²) in [6.45, 7) is 6.74. The third kappa shape index (κ3) is 6.57. The lowest BCUT2D eigenvalue weighted by Crippen LogP contribution is -2.44. The molecule has 0 spiro atoms. The molecule has 4 N–H and O–H groups in total. The van der Waals surface area contributed by atoms with Crippen molar-refractivity contribution in [1.29, 1.82) is 0 Å². The van der Waals surface area contributed by atoms with Crippen LogP contribution < -0.4 is 25.6 Å². The molecule has 14 heteroatoms. The molecular weight excluding hydrogens is 613 g/mol. The van der Waals surface area contributed by atoms with Gasteiger partial charge in [0.1, 0.15) is 10.6 Å². The van der Waals surface area contributed by atoms with Crippen LogP contribution in [0.1, 0.15) is 40.3 Å². The van der Waals surface area contributed by atoms with Crippen molar-refractivity contribution in [3.05, 3.63) is 89.6 Å². The number of benzene rings is 2. The minimum atomic E-state index is -1.04. The van der Waals surface area contributed by atoms with E-state index in [-0.39, 0.29) is 22.2 Å². The average Bonchev–Trinajstić information content (AvgIpc) is 3.77. The van der Waals surface area contributed by atoms with Crippen molar-refractivity contribution in [3.63, 3.8) is 0 Å². The van der Waals surface area contributed by atoms with Crippen LogP contribution in [0, 0.1) is 5.82 Å². The summed E-state index contributed by atoms with van der Waals surface area (Å²) in [6.07, 6.45) is 0.631. The Morgan fingerprint density at radius 1 is 1.00 bits per heavy atom. The van der Waals surface area contributed by atoms with E-state index >= 15 is 0 Å². The Balaban J connectivity index is 1.19. The van der Waals surface area contributed by atoms with E-state index in [1.165, 1.54) is 18.4 Å². The first-order chi connectivity index (χ1) is 22.1. The van der Waals surface area contributed by atoms with E-state index in [1.54, 1.807) is 56.3 Å². The number of amides is 3. The topological polar surface area (TPSA) is 145 Å². The van der Waals surface area contributed by atoms with E-state index in [1.807, 2.05) is 6.07 Å². The number of hydrogen-bond donors (Lipinski definition) is 4. The van der Waals surface area contributed by atoms with Crippen molar-refractivity contribution >= 4 is 56.7 Å². The highest BCUT2D eigenvalue weighted by Gasteiger charge is 2.28. The summed E-state index contributed by atoms with van der Waals surface area (Å²) < 4.78 is 25.1. The van der Waals surface area contributed by atoms with Crippen molar-refractivity contribution in [2.45, 2.75) is 19.4 Å². The van der Waals surface area contributed by atoms with Crippen LogP contribution in [0.25, 0.3) is 10.2 Å². The molecule has 0 atom stereocenters. The van der Waals surface area contributed by atoms with E-state index in [9.17, 15) is 18.8 Å². The molecule has 0 saturated carbocycles. The molecule has 3 aromatic heterocycles. The van der Waals surface area contributed by atoms with Gasteiger partial charge in [-0.05, 0) is 57.3 Å². The van der Waals surface area contributed by atoms with Crippen molar-refractivity contribution < 1.29 is 27.9 Å². The molecule has 1 saturated heterocycles. The zero-order valence-electron chi connectivity index (χ0n) is 25.3. The number of furan rings is 1. The molecule has 1 aliphatic rings. The molecule has 0 unspecified atom stereocenters. The number of carbonyl (C=O) groups is 3. The first-order valence-corrected chi connectivity index (χ1v) is 15.4. The fourth-order valence-electron chi connectivity index (χ4n) is 5.21. The third-order valence-corrected chi connectivity index (χ3v) is 8.65. The van der Waals surface area contributed by atoms with Gasteiger partial charge in [0.15, 0.2) is 16.6 Å². The Labute approximate surface area is 267 Å². The van der Waals surface area contributed by atoms with Gasteiger partial charge in [0.25, 0.3) is 11.8 Å². The van der Waals surface area contributed by atoms with Crippen LogP contribution in [0.5, 0.6) is 5.06 Å². The normalized spacial score (nSPS) is 13.9. The minimum absolute atomic E-state index is 0.109. The monoisotopic (exact) mass is 645 g/mol. The van der Waals surface area contributed by atoms with Gasteiger partial charge in [-0.1, -0.05) is 29.5 Å². The second kappa shape index (κ2) is 12.7. The Hall–Kier alpha value is -5.21. The van der Waals surface area contributed by atoms with Crippen molar-refractivity contribution in [3.8, 4) is 5.06 Å². The summed E-state index contributed by atoms with van der Waals surface area (Å²) in [5.74, 6) is -1.12. The number of thiophene rings is 1. The number of aromatic amines is 1. The highest BCUT2D eigenvalue weighted by atomic mass is 32.1. The third-order valence-electron chi connectivity index (χ3n) is 7.73. The highest BCUT2D eigenvalue weighted by molar-refractivity contribution is 7.20. The quantitative estimate of drug-likeness (QED) is 0.170. The van der Waals surface area contributed by atoms with Gasteiger partial charge in [0.05, 0.1) is 28.4 Å². The van der Waals surface area contributed by atoms with Crippen molar-refractivity contribution in [1.82, 2.24) is 20.4 Å². The van der Waals surface area contributed by atoms with E-state index in [0.29, 0.717) is 21.5 Å². The number of aromatic nitrogens is 2. The Morgan fingerprint density at radius 2 is 1.78 bits per heavy atom. The average molecular weight is 646 g/mol. The van der Waals surface area contributed by atoms with Gasteiger partial charge in [-0.2, -0.15) is 5.10 Å². The number of nitrogens with one attached hydrogen (secondary N) is 4. The van der Waals surface area contributed by atoms with Gasteiger partial charge < -0.3 is 34.9 Å². The minimum Gasteiger partial charge on any atom is -0.459 e. The van der Waals surface area contributed by atoms with E-state index in [0.717, 1.165) is 43.2 Å². The molecule has 12 nitrogen and oxygen atoms in total. The Morgan fingerprint density at radius 3 is 2.52 bits per heavy atom. The molecule has 0 radical (unpaired) electrons. The first-order valence-electron chi connectivity index (χ1n) is 14.5. The summed E-state index contributed by atoms with van der Waals surface area (Å²) in [4.78, 5) is 44.2. The summed E-state index contributed by atoms with van der Waals surface area (Å²) in [6, 6.07) is 16.2. The maximum absolute atomic E-state index is 14.3. The van der Waals surface area contributed by atoms with Gasteiger partial charge in [0.2, 0.25) is 0 Å². The number of carbonyl (C=O) groups excluding carboxylic acids is 3. The lowest BCUT2D eigenvalue weighted by atomic mass is 9.94. The maximum atomic E-state index is 14.3. The smallest absolute Gasteiger partial charge is 0.414 e. The molecular formula is C32H32FN7O5S. The molecule has 2 aromatic carbocycles. The lowest BCUT2D eigenvalue weighted by molar-refractivity contribution is 0.0996. The van der Waals surface area contributed by atoms with Crippen LogP contribution in [0.15, 0.2) is 71.3 Å². The fourth-order valence-corrected chi connectivity index (χ4v) is 6.06. The Bertz CT molecular complexity index is 1890. The summed E-state index contributed by atoms with van der Waals surface area (Å²) in [7, 11) is 2.07. The maximum Gasteiger partial charge on any atom is 0.414 e. The second-order valence-electron chi connectivity index (χ2n) is 11.4. The molecule has 1 aliphatic heterocycles. The van der Waals surface area contributed by atoms with Gasteiger partial charge in [-0.15, -0.1) is 0 Å². The van der Waals surface area contributed by atoms with E-state index < -0.39 is 29.3 Å². The number of anilines is 3. The second-order valence-corrected chi connectivity index (χ2v) is 12.4. The van der Waals surface area contributed by atoms with Crippen LogP contribution in [-0.4, -0.2) is 66.2 Å². The number of H-pyrrole nitrogens is 1. The van der Waals surface area contributed by atoms with E-state index in [4.69, 9.17) is 9.15 Å². The highest BCUT2D eigenvalue weighted by Crippen LogP contribution is 2.35. The molecule has 6 rings (SSSR count). The SMILES string of the molecule is CN1CCN(c2ccc(C(=O)Nc3n[nH]c4sc(OC(=O)NC(C)(C)c5ccccc5F)cc34)c(NC(=O)c3ccco3)c2)CC1. The molecule has 0 aliphatic carbocycles. The zero-order valence-corrected chi connectivity index (χ0v) is 26.2. The number of hydrogen-bond acceptors (Lipinski definition) is 9. The van der Waals surface area contributed by atoms with Gasteiger partial charge in [-0.25, -0.2) is 9.18 Å². The molecule has 1 fully saturated rings. The molecule has 3 amide bonds. The largest absolute Gasteiger partial charge is 0.459 e. The Kier molecular flexibility index (Phi) is 8.47. The predicted octanol–water partition coefficient (Wildman–Crippen LogP) is 5.64. The number of likely N-dealkylation sites (N-methyl/N-ethyl adjacent to an activating group) is 1. The van der Waals surface area contributed by atoms with Crippen LogP contribution in [0.2, 0.25) is 0 Å². The fraction of sp³-hybridized carbons (Fsp3) is 0.250. The number of piperazine rings is 1. The van der Waals surface area contributed by atoms with Gasteiger partial charge in [-0.3, -0.25) is 14.7 Å². The van der Waals surface area contributed by atoms with Crippen LogP contribution in [-0.2, 0) is 5.54 Å². The number of halogens is 1. The summed E-state index contributed by atoms with van der Waals surface area (Å²) in [5, 5.41) is 16.1. The van der Waals surface area contributed by atoms with Gasteiger partial charge in [0, 0.05) is 43.5 Å². The summed E-state index contributed by atoms with van der Waals surface area (Å²) >= 11 is 1.12. The molecule has 4 heterocycles.